The normalized spacial score (nSPS) is 12.5. The Labute approximate surface area is 132 Å². The van der Waals surface area contributed by atoms with E-state index in [2.05, 4.69) is 22.2 Å². The largest absolute Gasteiger partial charge is 0.548 e. The summed E-state index contributed by atoms with van der Waals surface area (Å²) in [6.07, 6.45) is 3.38. The molecule has 2 heterocycles. The van der Waals surface area contributed by atoms with Gasteiger partial charge < -0.3 is 15.2 Å². The molecule has 0 spiro atoms. The van der Waals surface area contributed by atoms with Crippen molar-refractivity contribution in [3.63, 3.8) is 0 Å². The van der Waals surface area contributed by atoms with E-state index < -0.39 is 12.0 Å². The number of carboxylic acids is 1. The molecule has 2 rings (SSSR count). The van der Waals surface area contributed by atoms with Crippen molar-refractivity contribution in [3.8, 4) is 0 Å². The second-order valence-electron chi connectivity index (χ2n) is 4.70. The molecule has 0 amide bonds. The first-order valence-electron chi connectivity index (χ1n) is 6.78. The molecule has 0 aliphatic rings. The van der Waals surface area contributed by atoms with Crippen molar-refractivity contribution in [1.82, 2.24) is 9.97 Å². The first-order valence-corrected chi connectivity index (χ1v) is 8.99. The van der Waals surface area contributed by atoms with Gasteiger partial charge in [-0.15, -0.1) is 11.3 Å². The van der Waals surface area contributed by atoms with Gasteiger partial charge in [0.2, 0.25) is 0 Å². The molecule has 0 saturated heterocycles. The van der Waals surface area contributed by atoms with Gasteiger partial charge in [0.25, 0.3) is 0 Å². The fourth-order valence-electron chi connectivity index (χ4n) is 2.01. The molecule has 0 aromatic carbocycles. The number of nitrogens with one attached hydrogen (secondary N) is 1. The molecule has 1 atom stereocenters. The summed E-state index contributed by atoms with van der Waals surface area (Å²) >= 11 is 3.23. The monoisotopic (exact) mass is 324 g/mol. The van der Waals surface area contributed by atoms with Gasteiger partial charge in [-0.2, -0.15) is 11.8 Å². The van der Waals surface area contributed by atoms with Gasteiger partial charge in [-0.05, 0) is 37.8 Å². The molecule has 1 N–H and O–H groups in total. The van der Waals surface area contributed by atoms with Crippen molar-refractivity contribution < 1.29 is 9.90 Å². The zero-order valence-corrected chi connectivity index (χ0v) is 13.9. The lowest BCUT2D eigenvalue weighted by atomic mass is 10.2. The number of carbonyl (C=O) groups is 1. The summed E-state index contributed by atoms with van der Waals surface area (Å²) in [5, 5.41) is 15.2. The minimum absolute atomic E-state index is 0.499. The van der Waals surface area contributed by atoms with E-state index in [9.17, 15) is 9.90 Å². The number of anilines is 1. The maximum Gasteiger partial charge on any atom is 0.139 e. The Bertz CT molecular complexity index is 642. The summed E-state index contributed by atoms with van der Waals surface area (Å²) in [5.74, 6) is 0.877. The minimum Gasteiger partial charge on any atom is -0.548 e. The molecule has 2 aromatic heterocycles. The lowest BCUT2D eigenvalue weighted by molar-refractivity contribution is -0.306. The highest BCUT2D eigenvalue weighted by Crippen LogP contribution is 2.29. The number of carbonyl (C=O) groups excluding carboxylic acids is 1. The molecule has 0 saturated carbocycles. The predicted octanol–water partition coefficient (Wildman–Crippen LogP) is 1.85. The van der Waals surface area contributed by atoms with E-state index in [4.69, 9.17) is 0 Å². The summed E-state index contributed by atoms with van der Waals surface area (Å²) in [6, 6.07) is 1.29. The third-order valence-electron chi connectivity index (χ3n) is 3.11. The Balaban J connectivity index is 2.35. The van der Waals surface area contributed by atoms with Crippen molar-refractivity contribution in [2.75, 3.05) is 17.3 Å². The SMILES string of the molecule is CCc1cc2c(N[C@H](CCSC)C(=O)[O-])nc(C)nc2s1. The van der Waals surface area contributed by atoms with Crippen LogP contribution in [0.1, 0.15) is 24.0 Å². The lowest BCUT2D eigenvalue weighted by Gasteiger charge is -2.20. The maximum atomic E-state index is 11.3. The van der Waals surface area contributed by atoms with Crippen LogP contribution in [0.3, 0.4) is 0 Å². The van der Waals surface area contributed by atoms with Gasteiger partial charge in [0.05, 0.1) is 17.4 Å². The molecule has 5 nitrogen and oxygen atoms in total. The van der Waals surface area contributed by atoms with Gasteiger partial charge in [-0.1, -0.05) is 6.92 Å². The Kier molecular flexibility index (Phi) is 5.41. The molecular formula is C14H18N3O2S2-. The minimum atomic E-state index is -1.10. The second-order valence-corrected chi connectivity index (χ2v) is 6.80. The van der Waals surface area contributed by atoms with Crippen LogP contribution in [0, 0.1) is 6.92 Å². The summed E-state index contributed by atoms with van der Waals surface area (Å²) in [7, 11) is 0. The number of fused-ring (bicyclic) bond motifs is 1. The molecular weight excluding hydrogens is 306 g/mol. The van der Waals surface area contributed by atoms with Gasteiger partial charge in [-0.25, -0.2) is 9.97 Å². The molecule has 114 valence electrons. The summed E-state index contributed by atoms with van der Waals surface area (Å²) in [5.41, 5.74) is 0. The summed E-state index contributed by atoms with van der Waals surface area (Å²) < 4.78 is 0. The molecule has 2 aromatic rings. The smallest absolute Gasteiger partial charge is 0.139 e. The van der Waals surface area contributed by atoms with E-state index in [1.54, 1.807) is 23.1 Å². The second kappa shape index (κ2) is 7.09. The molecule has 0 aliphatic heterocycles. The fourth-order valence-corrected chi connectivity index (χ4v) is 3.50. The first kappa shape index (κ1) is 16.0. The van der Waals surface area contributed by atoms with Crippen molar-refractivity contribution in [2.24, 2.45) is 0 Å². The predicted molar refractivity (Wildman–Crippen MR) is 86.9 cm³/mol. The van der Waals surface area contributed by atoms with Crippen LogP contribution < -0.4 is 10.4 Å². The number of aliphatic carboxylic acids is 1. The molecule has 0 bridgehead atoms. The van der Waals surface area contributed by atoms with E-state index in [1.807, 2.05) is 19.2 Å². The van der Waals surface area contributed by atoms with Crippen LogP contribution in [0.25, 0.3) is 10.2 Å². The molecule has 7 heteroatoms. The summed E-state index contributed by atoms with van der Waals surface area (Å²) in [6.45, 7) is 3.90. The number of carboxylic acid groups (broad SMARTS) is 1. The molecule has 0 aliphatic carbocycles. The number of hydrogen-bond acceptors (Lipinski definition) is 7. The van der Waals surface area contributed by atoms with Gasteiger partial charge in [0.1, 0.15) is 16.5 Å². The molecule has 0 radical (unpaired) electrons. The van der Waals surface area contributed by atoms with E-state index in [0.717, 1.165) is 22.4 Å². The van der Waals surface area contributed by atoms with Gasteiger partial charge in [0.15, 0.2) is 0 Å². The van der Waals surface area contributed by atoms with Crippen LogP contribution in [-0.2, 0) is 11.2 Å². The van der Waals surface area contributed by atoms with Crippen LogP contribution in [-0.4, -0.2) is 34.0 Å². The standard InChI is InChI=1S/C14H19N3O2S2/c1-4-9-7-10-12(15-8(2)16-13(10)21-9)17-11(14(18)19)5-6-20-3/h7,11H,4-6H2,1-3H3,(H,18,19)(H,15,16,17)/p-1/t11-/m1/s1. The number of aryl methyl sites for hydroxylation is 2. The number of rotatable bonds is 7. The summed E-state index contributed by atoms with van der Waals surface area (Å²) in [4.78, 5) is 22.2. The van der Waals surface area contributed by atoms with Gasteiger partial charge in [0, 0.05) is 4.88 Å². The number of nitrogens with zero attached hydrogens (tertiary/aromatic N) is 2. The Hall–Kier alpha value is -1.34. The van der Waals surface area contributed by atoms with Crippen LogP contribution in [0.4, 0.5) is 5.82 Å². The van der Waals surface area contributed by atoms with Crippen molar-refractivity contribution in [2.45, 2.75) is 32.7 Å². The van der Waals surface area contributed by atoms with Crippen molar-refractivity contribution >= 4 is 45.1 Å². The topological polar surface area (TPSA) is 77.9 Å². The van der Waals surface area contributed by atoms with E-state index in [0.29, 0.717) is 18.1 Å². The Morgan fingerprint density at radius 3 is 2.90 bits per heavy atom. The highest BCUT2D eigenvalue weighted by Gasteiger charge is 2.15. The zero-order valence-electron chi connectivity index (χ0n) is 12.3. The van der Waals surface area contributed by atoms with Crippen LogP contribution in [0.5, 0.6) is 0 Å². The number of thioether (sulfide) groups is 1. The van der Waals surface area contributed by atoms with Crippen LogP contribution in [0.15, 0.2) is 6.07 Å². The molecule has 0 fully saturated rings. The fraction of sp³-hybridized carbons (Fsp3) is 0.500. The average Bonchev–Trinajstić information content (AvgIpc) is 2.85. The van der Waals surface area contributed by atoms with Crippen LogP contribution in [0.2, 0.25) is 0 Å². The lowest BCUT2D eigenvalue weighted by Crippen LogP contribution is -2.41. The number of hydrogen-bond donors (Lipinski definition) is 1. The van der Waals surface area contributed by atoms with Gasteiger partial charge in [-0.3, -0.25) is 0 Å². The highest BCUT2D eigenvalue weighted by molar-refractivity contribution is 7.98. The maximum absolute atomic E-state index is 11.3. The van der Waals surface area contributed by atoms with Crippen LogP contribution >= 0.6 is 23.1 Å². The first-order chi connectivity index (χ1) is 10.0. The number of aromatic nitrogens is 2. The van der Waals surface area contributed by atoms with E-state index in [-0.39, 0.29) is 0 Å². The van der Waals surface area contributed by atoms with E-state index >= 15 is 0 Å². The average molecular weight is 324 g/mol. The quantitative estimate of drug-likeness (QED) is 0.837. The third-order valence-corrected chi connectivity index (χ3v) is 4.93. The Morgan fingerprint density at radius 1 is 1.52 bits per heavy atom. The number of thiophene rings is 1. The third kappa shape index (κ3) is 3.85. The highest BCUT2D eigenvalue weighted by atomic mass is 32.2. The Morgan fingerprint density at radius 2 is 2.29 bits per heavy atom. The van der Waals surface area contributed by atoms with E-state index in [1.165, 1.54) is 4.88 Å². The van der Waals surface area contributed by atoms with Crippen molar-refractivity contribution in [3.05, 3.63) is 16.8 Å². The van der Waals surface area contributed by atoms with Gasteiger partial charge >= 0.3 is 0 Å². The molecule has 0 unspecified atom stereocenters. The molecule has 21 heavy (non-hydrogen) atoms. The van der Waals surface area contributed by atoms with Crippen molar-refractivity contribution in [1.29, 1.82) is 0 Å². The zero-order chi connectivity index (χ0) is 15.4.